The second-order valence-electron chi connectivity index (χ2n) is 3.09. The summed E-state index contributed by atoms with van der Waals surface area (Å²) in [5.74, 6) is 0.147. The molecule has 0 aliphatic carbocycles. The molecule has 0 spiro atoms. The van der Waals surface area contributed by atoms with Crippen LogP contribution in [0.2, 0.25) is 5.02 Å². The molecular formula is C11H14ClNO3. The smallest absolute Gasteiger partial charge is 0.337 e. The minimum absolute atomic E-state index is 0.402. The fourth-order valence-electron chi connectivity index (χ4n) is 1.13. The molecule has 0 amide bonds. The quantitative estimate of drug-likeness (QED) is 0.632. The Morgan fingerprint density at radius 3 is 2.81 bits per heavy atom. The van der Waals surface area contributed by atoms with Crippen LogP contribution in [0.1, 0.15) is 10.4 Å². The number of carbonyl (C=O) groups excluding carboxylic acids is 1. The van der Waals surface area contributed by atoms with Crippen molar-refractivity contribution in [1.82, 2.24) is 5.32 Å². The van der Waals surface area contributed by atoms with Gasteiger partial charge in [-0.25, -0.2) is 4.79 Å². The van der Waals surface area contributed by atoms with Crippen LogP contribution >= 0.6 is 11.6 Å². The van der Waals surface area contributed by atoms with E-state index in [0.29, 0.717) is 22.9 Å². The van der Waals surface area contributed by atoms with Gasteiger partial charge in [-0.3, -0.25) is 0 Å². The van der Waals surface area contributed by atoms with Crippen molar-refractivity contribution in [2.24, 2.45) is 0 Å². The van der Waals surface area contributed by atoms with Crippen LogP contribution in [0.15, 0.2) is 18.2 Å². The number of hydrogen-bond acceptors (Lipinski definition) is 4. The summed E-state index contributed by atoms with van der Waals surface area (Å²) in [5.41, 5.74) is 0.411. The van der Waals surface area contributed by atoms with Crippen molar-refractivity contribution in [1.29, 1.82) is 0 Å². The van der Waals surface area contributed by atoms with Crippen LogP contribution in [-0.4, -0.2) is 33.3 Å². The van der Waals surface area contributed by atoms with E-state index in [0.717, 1.165) is 6.54 Å². The van der Waals surface area contributed by atoms with Gasteiger partial charge >= 0.3 is 5.97 Å². The van der Waals surface area contributed by atoms with Crippen molar-refractivity contribution < 1.29 is 14.3 Å². The molecule has 0 heterocycles. The Hall–Kier alpha value is -1.26. The average molecular weight is 244 g/mol. The lowest BCUT2D eigenvalue weighted by Crippen LogP contribution is -2.16. The van der Waals surface area contributed by atoms with Crippen molar-refractivity contribution in [2.75, 3.05) is 27.3 Å². The van der Waals surface area contributed by atoms with E-state index in [-0.39, 0.29) is 0 Å². The lowest BCUT2D eigenvalue weighted by molar-refractivity contribution is 0.0600. The zero-order chi connectivity index (χ0) is 12.0. The predicted octanol–water partition coefficient (Wildman–Crippen LogP) is 1.72. The van der Waals surface area contributed by atoms with Crippen LogP contribution in [-0.2, 0) is 4.74 Å². The van der Waals surface area contributed by atoms with Gasteiger partial charge in [0.25, 0.3) is 0 Å². The number of methoxy groups -OCH3 is 1. The summed E-state index contributed by atoms with van der Waals surface area (Å²) in [5, 5.41) is 3.36. The lowest BCUT2D eigenvalue weighted by Gasteiger charge is -2.08. The Balaban J connectivity index is 2.71. The van der Waals surface area contributed by atoms with E-state index < -0.39 is 5.97 Å². The Bertz CT molecular complexity index is 368. The third-order valence-corrected chi connectivity index (χ3v) is 2.26. The number of esters is 1. The average Bonchev–Trinajstić information content (AvgIpc) is 2.30. The van der Waals surface area contributed by atoms with Gasteiger partial charge < -0.3 is 14.8 Å². The molecule has 0 aromatic heterocycles. The summed E-state index contributed by atoms with van der Waals surface area (Å²) in [7, 11) is 3.17. The van der Waals surface area contributed by atoms with Crippen LogP contribution < -0.4 is 10.1 Å². The zero-order valence-electron chi connectivity index (χ0n) is 9.25. The van der Waals surface area contributed by atoms with Gasteiger partial charge in [-0.2, -0.15) is 0 Å². The van der Waals surface area contributed by atoms with E-state index in [4.69, 9.17) is 16.3 Å². The van der Waals surface area contributed by atoms with Crippen LogP contribution in [0.25, 0.3) is 0 Å². The Kier molecular flexibility index (Phi) is 5.08. The molecule has 0 radical (unpaired) electrons. The fourth-order valence-corrected chi connectivity index (χ4v) is 1.36. The first-order chi connectivity index (χ1) is 7.69. The van der Waals surface area contributed by atoms with Gasteiger partial charge in [0.1, 0.15) is 12.4 Å². The summed E-state index contributed by atoms with van der Waals surface area (Å²) in [6, 6.07) is 4.80. The van der Waals surface area contributed by atoms with E-state index in [1.165, 1.54) is 13.2 Å². The maximum atomic E-state index is 11.2. The minimum atomic E-state index is -0.413. The Morgan fingerprint density at radius 1 is 1.50 bits per heavy atom. The number of benzene rings is 1. The van der Waals surface area contributed by atoms with Crippen LogP contribution in [0.5, 0.6) is 5.75 Å². The number of likely N-dealkylation sites (N-methyl/N-ethyl adjacent to an activating group) is 1. The highest BCUT2D eigenvalue weighted by Crippen LogP contribution is 2.25. The molecule has 16 heavy (non-hydrogen) atoms. The van der Waals surface area contributed by atoms with Gasteiger partial charge in [0.05, 0.1) is 17.7 Å². The number of carbonyl (C=O) groups is 1. The number of halogens is 1. The molecule has 0 fully saturated rings. The molecule has 4 nitrogen and oxygen atoms in total. The molecule has 5 heteroatoms. The summed E-state index contributed by atoms with van der Waals surface area (Å²) < 4.78 is 9.98. The molecule has 1 rings (SSSR count). The number of hydrogen-bond donors (Lipinski definition) is 1. The minimum Gasteiger partial charge on any atom is -0.491 e. The second-order valence-corrected chi connectivity index (χ2v) is 3.50. The summed E-state index contributed by atoms with van der Waals surface area (Å²) in [6.45, 7) is 1.25. The van der Waals surface area contributed by atoms with E-state index in [9.17, 15) is 4.79 Å². The summed E-state index contributed by atoms with van der Waals surface area (Å²) >= 11 is 5.96. The van der Waals surface area contributed by atoms with E-state index >= 15 is 0 Å². The molecule has 0 unspecified atom stereocenters. The fraction of sp³-hybridized carbons (Fsp3) is 0.364. The monoisotopic (exact) mass is 243 g/mol. The molecule has 1 N–H and O–H groups in total. The molecule has 0 saturated heterocycles. The van der Waals surface area contributed by atoms with Gasteiger partial charge in [0.2, 0.25) is 0 Å². The third-order valence-electron chi connectivity index (χ3n) is 1.96. The highest BCUT2D eigenvalue weighted by molar-refractivity contribution is 6.32. The largest absolute Gasteiger partial charge is 0.491 e. The molecule has 0 saturated carbocycles. The number of nitrogens with one attached hydrogen (secondary N) is 1. The number of ether oxygens (including phenoxy) is 2. The van der Waals surface area contributed by atoms with E-state index in [1.807, 2.05) is 7.05 Å². The molecule has 0 atom stereocenters. The molecule has 0 bridgehead atoms. The van der Waals surface area contributed by atoms with Gasteiger partial charge in [-0.15, -0.1) is 0 Å². The first-order valence-electron chi connectivity index (χ1n) is 4.84. The Labute approximate surface area is 99.5 Å². The van der Waals surface area contributed by atoms with Crippen molar-refractivity contribution in [2.45, 2.75) is 0 Å². The first kappa shape index (κ1) is 12.8. The highest BCUT2D eigenvalue weighted by atomic mass is 35.5. The van der Waals surface area contributed by atoms with Gasteiger partial charge in [-0.05, 0) is 25.2 Å². The maximum absolute atomic E-state index is 11.2. The topological polar surface area (TPSA) is 47.6 Å². The SMILES string of the molecule is CNCCOc1ccc(C(=O)OC)cc1Cl. The van der Waals surface area contributed by atoms with Crippen molar-refractivity contribution in [3.63, 3.8) is 0 Å². The maximum Gasteiger partial charge on any atom is 0.337 e. The van der Waals surface area contributed by atoms with Gasteiger partial charge in [-0.1, -0.05) is 11.6 Å². The predicted molar refractivity (Wildman–Crippen MR) is 62.2 cm³/mol. The Morgan fingerprint density at radius 2 is 2.25 bits per heavy atom. The van der Waals surface area contributed by atoms with Gasteiger partial charge in [0.15, 0.2) is 0 Å². The first-order valence-corrected chi connectivity index (χ1v) is 5.22. The van der Waals surface area contributed by atoms with E-state index in [1.54, 1.807) is 12.1 Å². The summed E-state index contributed by atoms with van der Waals surface area (Å²) in [6.07, 6.45) is 0. The lowest BCUT2D eigenvalue weighted by atomic mass is 10.2. The second kappa shape index (κ2) is 6.35. The molecule has 1 aromatic carbocycles. The number of rotatable bonds is 5. The zero-order valence-corrected chi connectivity index (χ0v) is 10.0. The standard InChI is InChI=1S/C11H14ClNO3/c1-13-5-6-16-10-4-3-8(7-9(10)12)11(14)15-2/h3-4,7,13H,5-6H2,1-2H3. The highest BCUT2D eigenvalue weighted by Gasteiger charge is 2.09. The molecule has 0 aliphatic heterocycles. The van der Waals surface area contributed by atoms with Gasteiger partial charge in [0, 0.05) is 6.54 Å². The van der Waals surface area contributed by atoms with Crippen molar-refractivity contribution in [3.8, 4) is 5.75 Å². The van der Waals surface area contributed by atoms with Crippen molar-refractivity contribution in [3.05, 3.63) is 28.8 Å². The normalized spacial score (nSPS) is 9.94. The van der Waals surface area contributed by atoms with Crippen LogP contribution in [0.4, 0.5) is 0 Å². The molecule has 88 valence electrons. The van der Waals surface area contributed by atoms with E-state index in [2.05, 4.69) is 10.1 Å². The third kappa shape index (κ3) is 3.40. The molecule has 1 aromatic rings. The van der Waals surface area contributed by atoms with Crippen molar-refractivity contribution >= 4 is 17.6 Å². The molecular weight excluding hydrogens is 230 g/mol. The van der Waals surface area contributed by atoms with Crippen LogP contribution in [0.3, 0.4) is 0 Å². The summed E-state index contributed by atoms with van der Waals surface area (Å²) in [4.78, 5) is 11.2. The molecule has 0 aliphatic rings. The van der Waals surface area contributed by atoms with Crippen LogP contribution in [0, 0.1) is 0 Å².